The van der Waals surface area contributed by atoms with Crippen LogP contribution in [0.15, 0.2) is 48.5 Å². The number of hydrogen-bond acceptors (Lipinski definition) is 0. The van der Waals surface area contributed by atoms with Gasteiger partial charge in [0.15, 0.2) is 0 Å². The first-order valence-corrected chi connectivity index (χ1v) is 8.31. The van der Waals surface area contributed by atoms with Gasteiger partial charge in [-0.2, -0.15) is 0 Å². The maximum absolute atomic E-state index is 5.91. The number of halogens is 2. The summed E-state index contributed by atoms with van der Waals surface area (Å²) in [4.78, 5) is 0.344. The van der Waals surface area contributed by atoms with Gasteiger partial charge in [-0.05, 0) is 47.6 Å². The van der Waals surface area contributed by atoms with Crippen molar-refractivity contribution in [3.05, 3.63) is 70.2 Å². The van der Waals surface area contributed by atoms with Crippen molar-refractivity contribution in [1.82, 2.24) is 0 Å². The highest BCUT2D eigenvalue weighted by Crippen LogP contribution is 2.28. The van der Waals surface area contributed by atoms with Crippen molar-refractivity contribution in [3.8, 4) is 0 Å². The van der Waals surface area contributed by atoms with E-state index in [1.54, 1.807) is 0 Å². The van der Waals surface area contributed by atoms with Crippen LogP contribution in [0.3, 0.4) is 0 Å². The molecular weight excluding hydrogens is 332 g/mol. The molecule has 0 bridgehead atoms. The second-order valence-corrected chi connectivity index (χ2v) is 7.18. The summed E-state index contributed by atoms with van der Waals surface area (Å²) in [5.41, 5.74) is 4.03. The molecule has 0 heterocycles. The Morgan fingerprint density at radius 2 is 1.35 bits per heavy atom. The van der Waals surface area contributed by atoms with Crippen LogP contribution in [-0.2, 0) is 12.8 Å². The summed E-state index contributed by atoms with van der Waals surface area (Å²) in [5.74, 6) is 0.703. The molecule has 1 unspecified atom stereocenters. The molecule has 2 heteroatoms. The third-order valence-electron chi connectivity index (χ3n) is 3.31. The van der Waals surface area contributed by atoms with Crippen molar-refractivity contribution in [2.75, 3.05) is 0 Å². The van der Waals surface area contributed by atoms with Gasteiger partial charge in [0.2, 0.25) is 0 Å². The molecule has 0 aliphatic heterocycles. The predicted molar refractivity (Wildman–Crippen MR) is 91.8 cm³/mol. The van der Waals surface area contributed by atoms with Crippen LogP contribution in [0, 0.1) is 5.92 Å². The lowest BCUT2D eigenvalue weighted by Crippen LogP contribution is -1.97. The van der Waals surface area contributed by atoms with E-state index in [1.807, 2.05) is 12.1 Å². The van der Waals surface area contributed by atoms with Gasteiger partial charge in [0.05, 0.1) is 0 Å². The van der Waals surface area contributed by atoms with Gasteiger partial charge in [0.1, 0.15) is 0 Å². The van der Waals surface area contributed by atoms with Gasteiger partial charge in [0.25, 0.3) is 0 Å². The molecule has 106 valence electrons. The Labute approximate surface area is 135 Å². The number of rotatable bonds is 5. The van der Waals surface area contributed by atoms with Crippen molar-refractivity contribution in [2.45, 2.75) is 31.5 Å². The van der Waals surface area contributed by atoms with Gasteiger partial charge in [-0.15, -0.1) is 0 Å². The Bertz CT molecular complexity index is 528. The first kappa shape index (κ1) is 15.6. The summed E-state index contributed by atoms with van der Waals surface area (Å²) in [5, 5.41) is 0.790. The largest absolute Gasteiger partial charge is 0.0843 e. The Balaban J connectivity index is 2.01. The number of benzene rings is 2. The molecule has 2 aromatic carbocycles. The minimum Gasteiger partial charge on any atom is -0.0843 e. The van der Waals surface area contributed by atoms with Gasteiger partial charge in [-0.1, -0.05) is 77.8 Å². The van der Waals surface area contributed by atoms with E-state index in [4.69, 9.17) is 11.6 Å². The fraction of sp³-hybridized carbons (Fsp3) is 0.333. The van der Waals surface area contributed by atoms with E-state index in [0.717, 1.165) is 17.9 Å². The van der Waals surface area contributed by atoms with Crippen molar-refractivity contribution in [3.63, 3.8) is 0 Å². The second-order valence-electron chi connectivity index (χ2n) is 5.64. The van der Waals surface area contributed by atoms with Crippen LogP contribution in [0.4, 0.5) is 0 Å². The molecule has 20 heavy (non-hydrogen) atoms. The molecule has 1 atom stereocenters. The van der Waals surface area contributed by atoms with Crippen molar-refractivity contribution in [1.29, 1.82) is 0 Å². The first-order chi connectivity index (χ1) is 9.54. The van der Waals surface area contributed by atoms with E-state index in [9.17, 15) is 0 Å². The SMILES string of the molecule is CC(C)Cc1ccc(C(Br)Cc2ccc(Cl)cc2)cc1. The van der Waals surface area contributed by atoms with E-state index in [2.05, 4.69) is 66.2 Å². The zero-order valence-corrected chi connectivity index (χ0v) is 14.3. The summed E-state index contributed by atoms with van der Waals surface area (Å²) in [6.45, 7) is 4.50. The molecule has 0 nitrogen and oxygen atoms in total. The highest BCUT2D eigenvalue weighted by molar-refractivity contribution is 9.09. The lowest BCUT2D eigenvalue weighted by molar-refractivity contribution is 0.647. The minimum absolute atomic E-state index is 0.344. The molecule has 2 aromatic rings. The Hall–Kier alpha value is -0.790. The Kier molecular flexibility index (Phi) is 5.68. The summed E-state index contributed by atoms with van der Waals surface area (Å²) < 4.78 is 0. The average molecular weight is 352 g/mol. The highest BCUT2D eigenvalue weighted by atomic mass is 79.9. The van der Waals surface area contributed by atoms with Gasteiger partial charge < -0.3 is 0 Å². The smallest absolute Gasteiger partial charge is 0.0435 e. The van der Waals surface area contributed by atoms with Crippen LogP contribution in [-0.4, -0.2) is 0 Å². The average Bonchev–Trinajstić information content (AvgIpc) is 2.41. The van der Waals surface area contributed by atoms with Crippen LogP contribution in [0.25, 0.3) is 0 Å². The molecule has 0 spiro atoms. The van der Waals surface area contributed by atoms with Crippen LogP contribution >= 0.6 is 27.5 Å². The van der Waals surface area contributed by atoms with E-state index < -0.39 is 0 Å². The first-order valence-electron chi connectivity index (χ1n) is 7.02. The summed E-state index contributed by atoms with van der Waals surface area (Å²) in [7, 11) is 0. The fourth-order valence-electron chi connectivity index (χ4n) is 2.28. The Morgan fingerprint density at radius 1 is 0.850 bits per heavy atom. The topological polar surface area (TPSA) is 0 Å². The highest BCUT2D eigenvalue weighted by Gasteiger charge is 2.09. The molecule has 0 amide bonds. The molecule has 0 radical (unpaired) electrons. The van der Waals surface area contributed by atoms with Crippen molar-refractivity contribution >= 4 is 27.5 Å². The lowest BCUT2D eigenvalue weighted by atomic mass is 9.99. The molecule has 0 aromatic heterocycles. The third kappa shape index (κ3) is 4.64. The van der Waals surface area contributed by atoms with Crippen molar-refractivity contribution in [2.24, 2.45) is 5.92 Å². The Morgan fingerprint density at radius 3 is 1.90 bits per heavy atom. The summed E-state index contributed by atoms with van der Waals surface area (Å²) in [6.07, 6.45) is 2.12. The third-order valence-corrected chi connectivity index (χ3v) is 4.42. The summed E-state index contributed by atoms with van der Waals surface area (Å²) in [6, 6.07) is 17.0. The number of alkyl halides is 1. The number of hydrogen-bond donors (Lipinski definition) is 0. The van der Waals surface area contributed by atoms with Crippen LogP contribution in [0.2, 0.25) is 5.02 Å². The van der Waals surface area contributed by atoms with E-state index in [1.165, 1.54) is 16.7 Å². The monoisotopic (exact) mass is 350 g/mol. The standard InChI is InChI=1S/C18H20BrCl/c1-13(2)11-14-3-7-16(8-4-14)18(19)12-15-5-9-17(20)10-6-15/h3-10,13,18H,11-12H2,1-2H3. The zero-order valence-electron chi connectivity index (χ0n) is 11.9. The molecule has 0 aliphatic carbocycles. The van der Waals surface area contributed by atoms with E-state index in [-0.39, 0.29) is 0 Å². The quantitative estimate of drug-likeness (QED) is 0.561. The van der Waals surface area contributed by atoms with Crippen molar-refractivity contribution < 1.29 is 0 Å². The van der Waals surface area contributed by atoms with Gasteiger partial charge >= 0.3 is 0 Å². The van der Waals surface area contributed by atoms with Gasteiger partial charge in [-0.3, -0.25) is 0 Å². The van der Waals surface area contributed by atoms with Gasteiger partial charge in [0, 0.05) is 9.85 Å². The van der Waals surface area contributed by atoms with Crippen LogP contribution in [0.5, 0.6) is 0 Å². The normalized spacial score (nSPS) is 12.7. The minimum atomic E-state index is 0.344. The molecule has 0 saturated heterocycles. The molecule has 0 N–H and O–H groups in total. The van der Waals surface area contributed by atoms with E-state index >= 15 is 0 Å². The molecule has 0 saturated carbocycles. The molecule has 0 fully saturated rings. The van der Waals surface area contributed by atoms with Crippen LogP contribution in [0.1, 0.15) is 35.4 Å². The molecular formula is C18H20BrCl. The maximum Gasteiger partial charge on any atom is 0.0435 e. The maximum atomic E-state index is 5.91. The zero-order chi connectivity index (χ0) is 14.5. The second kappa shape index (κ2) is 7.28. The molecule has 0 aliphatic rings. The van der Waals surface area contributed by atoms with E-state index in [0.29, 0.717) is 10.7 Å². The van der Waals surface area contributed by atoms with Crippen LogP contribution < -0.4 is 0 Å². The molecule has 2 rings (SSSR count). The van der Waals surface area contributed by atoms with Gasteiger partial charge in [-0.25, -0.2) is 0 Å². The fourth-order valence-corrected chi connectivity index (χ4v) is 3.08. The predicted octanol–water partition coefficient (Wildman–Crippen LogP) is 6.22. The lowest BCUT2D eigenvalue weighted by Gasteiger charge is -2.12. The summed E-state index contributed by atoms with van der Waals surface area (Å²) >= 11 is 9.70.